The number of hydrogen-bond donors (Lipinski definition) is 1. The van der Waals surface area contributed by atoms with E-state index in [1.54, 1.807) is 31.4 Å². The summed E-state index contributed by atoms with van der Waals surface area (Å²) < 4.78 is 4.92. The molecule has 1 aromatic rings. The standard InChI is InChI=1S/C9H11NO3/c1-7(11)10(12)8-3-5-9(13-2)6-4-8/h3-6,12H,1-2H3. The molecule has 0 bridgehead atoms. The van der Waals surface area contributed by atoms with Crippen LogP contribution in [-0.2, 0) is 4.79 Å². The summed E-state index contributed by atoms with van der Waals surface area (Å²) in [5.41, 5.74) is 0.424. The first-order valence-electron chi connectivity index (χ1n) is 3.79. The van der Waals surface area contributed by atoms with Gasteiger partial charge >= 0.3 is 0 Å². The van der Waals surface area contributed by atoms with E-state index in [1.807, 2.05) is 0 Å². The highest BCUT2D eigenvalue weighted by Crippen LogP contribution is 2.17. The Morgan fingerprint density at radius 1 is 1.38 bits per heavy atom. The molecule has 4 heteroatoms. The lowest BCUT2D eigenvalue weighted by molar-refractivity contribution is -0.121. The third kappa shape index (κ3) is 2.19. The molecule has 13 heavy (non-hydrogen) atoms. The number of nitrogens with zero attached hydrogens (tertiary/aromatic N) is 1. The van der Waals surface area contributed by atoms with E-state index < -0.39 is 5.91 Å². The predicted molar refractivity (Wildman–Crippen MR) is 47.9 cm³/mol. The lowest BCUT2D eigenvalue weighted by Gasteiger charge is -2.12. The van der Waals surface area contributed by atoms with Crippen molar-refractivity contribution in [3.05, 3.63) is 24.3 Å². The first kappa shape index (κ1) is 9.54. The van der Waals surface area contributed by atoms with E-state index in [4.69, 9.17) is 4.74 Å². The van der Waals surface area contributed by atoms with Crippen LogP contribution in [0, 0.1) is 0 Å². The van der Waals surface area contributed by atoms with Gasteiger partial charge in [-0.15, -0.1) is 0 Å². The molecule has 1 amide bonds. The zero-order chi connectivity index (χ0) is 9.84. The van der Waals surface area contributed by atoms with Crippen LogP contribution in [0.4, 0.5) is 5.69 Å². The quantitative estimate of drug-likeness (QED) is 0.554. The van der Waals surface area contributed by atoms with Gasteiger partial charge in [-0.25, -0.2) is 0 Å². The Morgan fingerprint density at radius 3 is 2.31 bits per heavy atom. The molecule has 1 aromatic carbocycles. The van der Waals surface area contributed by atoms with E-state index in [2.05, 4.69) is 0 Å². The largest absolute Gasteiger partial charge is 0.497 e. The van der Waals surface area contributed by atoms with Crippen LogP contribution in [0.2, 0.25) is 0 Å². The van der Waals surface area contributed by atoms with Gasteiger partial charge in [-0.2, -0.15) is 5.06 Å². The van der Waals surface area contributed by atoms with E-state index in [0.717, 1.165) is 0 Å². The Hall–Kier alpha value is -1.55. The van der Waals surface area contributed by atoms with Crippen LogP contribution in [0.5, 0.6) is 5.75 Å². The molecule has 0 unspecified atom stereocenters. The van der Waals surface area contributed by atoms with E-state index in [0.29, 0.717) is 16.5 Å². The molecule has 70 valence electrons. The molecule has 0 radical (unpaired) electrons. The van der Waals surface area contributed by atoms with Gasteiger partial charge in [0.25, 0.3) is 0 Å². The van der Waals surface area contributed by atoms with Gasteiger partial charge in [0.2, 0.25) is 5.91 Å². The van der Waals surface area contributed by atoms with Crippen molar-refractivity contribution in [2.75, 3.05) is 12.2 Å². The third-order valence-corrected chi connectivity index (χ3v) is 1.62. The van der Waals surface area contributed by atoms with Crippen LogP contribution in [0.15, 0.2) is 24.3 Å². The summed E-state index contributed by atoms with van der Waals surface area (Å²) in [5, 5.41) is 9.79. The van der Waals surface area contributed by atoms with Crippen molar-refractivity contribution < 1.29 is 14.7 Å². The Bertz CT molecular complexity index is 294. The minimum Gasteiger partial charge on any atom is -0.497 e. The Morgan fingerprint density at radius 2 is 1.92 bits per heavy atom. The van der Waals surface area contributed by atoms with Crippen LogP contribution in [0.3, 0.4) is 0 Å². The summed E-state index contributed by atoms with van der Waals surface area (Å²) in [6, 6.07) is 6.53. The van der Waals surface area contributed by atoms with Gasteiger partial charge in [-0.05, 0) is 24.3 Å². The number of benzene rings is 1. The zero-order valence-electron chi connectivity index (χ0n) is 7.52. The average molecular weight is 181 g/mol. The van der Waals surface area contributed by atoms with E-state index in [-0.39, 0.29) is 0 Å². The fourth-order valence-corrected chi connectivity index (χ4v) is 0.905. The van der Waals surface area contributed by atoms with Crippen LogP contribution in [-0.4, -0.2) is 18.2 Å². The molecular weight excluding hydrogens is 170 g/mol. The summed E-state index contributed by atoms with van der Waals surface area (Å²) in [6.07, 6.45) is 0. The fourth-order valence-electron chi connectivity index (χ4n) is 0.905. The molecule has 1 N–H and O–H groups in total. The SMILES string of the molecule is COc1ccc(N(O)C(C)=O)cc1. The monoisotopic (exact) mass is 181 g/mol. The van der Waals surface area contributed by atoms with Crippen molar-refractivity contribution in [2.24, 2.45) is 0 Å². The fraction of sp³-hybridized carbons (Fsp3) is 0.222. The molecule has 1 rings (SSSR count). The minimum atomic E-state index is -0.426. The lowest BCUT2D eigenvalue weighted by atomic mass is 10.3. The average Bonchev–Trinajstić information content (AvgIpc) is 2.17. The van der Waals surface area contributed by atoms with Gasteiger partial charge in [0, 0.05) is 6.92 Å². The van der Waals surface area contributed by atoms with Gasteiger partial charge in [0.05, 0.1) is 12.8 Å². The highest BCUT2D eigenvalue weighted by Gasteiger charge is 2.06. The molecule has 4 nitrogen and oxygen atoms in total. The summed E-state index contributed by atoms with van der Waals surface area (Å²) >= 11 is 0. The number of ether oxygens (including phenoxy) is 1. The maximum Gasteiger partial charge on any atom is 0.247 e. The normalized spacial score (nSPS) is 9.46. The highest BCUT2D eigenvalue weighted by molar-refractivity contribution is 5.88. The molecule has 0 aliphatic rings. The maximum absolute atomic E-state index is 10.7. The lowest BCUT2D eigenvalue weighted by Crippen LogP contribution is -2.23. The highest BCUT2D eigenvalue weighted by atomic mass is 16.5. The van der Waals surface area contributed by atoms with Gasteiger partial charge in [0.1, 0.15) is 5.75 Å². The van der Waals surface area contributed by atoms with Crippen molar-refractivity contribution >= 4 is 11.6 Å². The summed E-state index contributed by atoms with van der Waals surface area (Å²) in [4.78, 5) is 10.7. The van der Waals surface area contributed by atoms with Crippen molar-refractivity contribution in [1.29, 1.82) is 0 Å². The molecule has 0 aliphatic heterocycles. The number of hydrogen-bond acceptors (Lipinski definition) is 3. The van der Waals surface area contributed by atoms with Crippen LogP contribution >= 0.6 is 0 Å². The zero-order valence-corrected chi connectivity index (χ0v) is 7.52. The molecule has 0 spiro atoms. The van der Waals surface area contributed by atoms with Crippen molar-refractivity contribution in [3.63, 3.8) is 0 Å². The van der Waals surface area contributed by atoms with Crippen molar-refractivity contribution in [1.82, 2.24) is 0 Å². The number of carbonyl (C=O) groups is 1. The van der Waals surface area contributed by atoms with Gasteiger partial charge in [0.15, 0.2) is 0 Å². The smallest absolute Gasteiger partial charge is 0.247 e. The number of carbonyl (C=O) groups excluding carboxylic acids is 1. The molecule has 0 heterocycles. The maximum atomic E-state index is 10.7. The molecule has 0 saturated carbocycles. The van der Waals surface area contributed by atoms with Crippen LogP contribution in [0.25, 0.3) is 0 Å². The molecule has 0 aromatic heterocycles. The number of amides is 1. The van der Waals surface area contributed by atoms with Crippen LogP contribution in [0.1, 0.15) is 6.92 Å². The van der Waals surface area contributed by atoms with E-state index in [1.165, 1.54) is 6.92 Å². The number of rotatable bonds is 2. The topological polar surface area (TPSA) is 49.8 Å². The second-order valence-electron chi connectivity index (χ2n) is 2.53. The second-order valence-corrected chi connectivity index (χ2v) is 2.53. The van der Waals surface area contributed by atoms with E-state index >= 15 is 0 Å². The molecule has 0 atom stereocenters. The first-order chi connectivity index (χ1) is 6.15. The number of hydroxylamine groups is 1. The number of anilines is 1. The Balaban J connectivity index is 2.85. The Kier molecular flexibility index (Phi) is 2.87. The molecular formula is C9H11NO3. The van der Waals surface area contributed by atoms with Crippen LogP contribution < -0.4 is 9.80 Å². The number of methoxy groups -OCH3 is 1. The predicted octanol–water partition coefficient (Wildman–Crippen LogP) is 1.44. The minimum absolute atomic E-state index is 0.424. The van der Waals surface area contributed by atoms with Gasteiger partial charge < -0.3 is 4.74 Å². The molecule has 0 saturated heterocycles. The summed E-state index contributed by atoms with van der Waals surface area (Å²) in [6.45, 7) is 1.28. The summed E-state index contributed by atoms with van der Waals surface area (Å²) in [7, 11) is 1.55. The van der Waals surface area contributed by atoms with Gasteiger partial charge in [-0.3, -0.25) is 10.0 Å². The summed E-state index contributed by atoms with van der Waals surface area (Å²) in [5.74, 6) is 0.255. The van der Waals surface area contributed by atoms with Crippen molar-refractivity contribution in [3.8, 4) is 5.75 Å². The Labute approximate surface area is 76.3 Å². The molecule has 0 aliphatic carbocycles. The second kappa shape index (κ2) is 3.91. The van der Waals surface area contributed by atoms with E-state index in [9.17, 15) is 10.0 Å². The van der Waals surface area contributed by atoms with Crippen molar-refractivity contribution in [2.45, 2.75) is 6.92 Å². The third-order valence-electron chi connectivity index (χ3n) is 1.62. The first-order valence-corrected chi connectivity index (χ1v) is 3.79. The van der Waals surface area contributed by atoms with Gasteiger partial charge in [-0.1, -0.05) is 0 Å². The molecule has 0 fully saturated rings.